The molecule has 0 unspecified atom stereocenters. The second kappa shape index (κ2) is 13.2. The predicted octanol–water partition coefficient (Wildman–Crippen LogP) is 14.6. The van der Waals surface area contributed by atoms with Crippen LogP contribution in [0.15, 0.2) is 188 Å². The molecule has 0 saturated carbocycles. The first-order valence-electron chi connectivity index (χ1n) is 18.0. The van der Waals surface area contributed by atoms with Crippen LogP contribution in [0.5, 0.6) is 0 Å². The van der Waals surface area contributed by atoms with Crippen LogP contribution in [0.3, 0.4) is 0 Å². The van der Waals surface area contributed by atoms with Gasteiger partial charge in [0.1, 0.15) is 0 Å². The quantitative estimate of drug-likeness (QED) is 0.156. The van der Waals surface area contributed by atoms with Gasteiger partial charge in [-0.1, -0.05) is 133 Å². The Bertz CT molecular complexity index is 2760. The summed E-state index contributed by atoms with van der Waals surface area (Å²) in [7, 11) is 0. The molecule has 0 saturated heterocycles. The van der Waals surface area contributed by atoms with E-state index in [1.54, 1.807) is 0 Å². The minimum absolute atomic E-state index is 1.12. The lowest BCUT2D eigenvalue weighted by atomic mass is 9.93. The molecule has 0 amide bonds. The maximum absolute atomic E-state index is 2.42. The van der Waals surface area contributed by atoms with E-state index in [9.17, 15) is 0 Å². The van der Waals surface area contributed by atoms with Crippen LogP contribution < -0.4 is 9.80 Å². The van der Waals surface area contributed by atoms with Crippen molar-refractivity contribution in [2.45, 2.75) is 13.8 Å². The summed E-state index contributed by atoms with van der Waals surface area (Å²) in [5.41, 5.74) is 9.27. The minimum Gasteiger partial charge on any atom is -0.310 e. The van der Waals surface area contributed by atoms with Crippen molar-refractivity contribution in [1.82, 2.24) is 0 Å². The highest BCUT2D eigenvalue weighted by Crippen LogP contribution is 2.48. The monoisotopic (exact) mass is 666 g/mol. The number of hydrogen-bond acceptors (Lipinski definition) is 2. The lowest BCUT2D eigenvalue weighted by Gasteiger charge is -2.30. The van der Waals surface area contributed by atoms with E-state index in [2.05, 4.69) is 218 Å². The van der Waals surface area contributed by atoms with Gasteiger partial charge in [-0.2, -0.15) is 0 Å². The zero-order valence-corrected chi connectivity index (χ0v) is 29.4. The van der Waals surface area contributed by atoms with Crippen molar-refractivity contribution in [2.75, 3.05) is 9.80 Å². The largest absolute Gasteiger partial charge is 0.310 e. The molecule has 0 atom stereocenters. The van der Waals surface area contributed by atoms with E-state index in [-0.39, 0.29) is 0 Å². The fraction of sp³-hybridized carbons (Fsp3) is 0.0400. The molecule has 9 aromatic rings. The summed E-state index contributed by atoms with van der Waals surface area (Å²) in [6.07, 6.45) is 4.31. The first-order valence-corrected chi connectivity index (χ1v) is 18.0. The third-order valence-electron chi connectivity index (χ3n) is 10.2. The summed E-state index contributed by atoms with van der Waals surface area (Å²) in [5, 5.41) is 9.73. The number of fused-ring (bicyclic) bond motifs is 6. The first kappa shape index (κ1) is 31.3. The molecule has 0 fully saturated rings. The SMILES string of the molecule is C/C=C\c1cc(N(c2ccccc2)c2cc3c4ccccc4c(N(c4ccccc4)c4ccc5ccccc5c4)cc3c3ccccc23)ccc1C. The van der Waals surface area contributed by atoms with Crippen molar-refractivity contribution in [3.63, 3.8) is 0 Å². The van der Waals surface area contributed by atoms with Crippen LogP contribution in [0.2, 0.25) is 0 Å². The third kappa shape index (κ3) is 5.46. The standard InChI is InChI=1S/C50H38N2/c1-3-16-37-31-41(29-27-35(37)2)51(39-19-6-4-7-20-39)49-33-47-44-24-13-15-26-46(44)50(34-48(47)43-23-12-14-25-45(43)49)52(40-21-8-5-9-22-40)42-30-28-36-17-10-11-18-38(36)32-42/h3-34H,1-2H3/b16-3-. The predicted molar refractivity (Wildman–Crippen MR) is 225 cm³/mol. The van der Waals surface area contributed by atoms with Crippen molar-refractivity contribution in [1.29, 1.82) is 0 Å². The van der Waals surface area contributed by atoms with Gasteiger partial charge in [0, 0.05) is 33.5 Å². The molecule has 0 spiro atoms. The van der Waals surface area contributed by atoms with Crippen molar-refractivity contribution < 1.29 is 0 Å². The number of rotatable bonds is 7. The van der Waals surface area contributed by atoms with E-state index in [1.807, 2.05) is 0 Å². The van der Waals surface area contributed by atoms with E-state index in [4.69, 9.17) is 0 Å². The molecule has 0 aliphatic rings. The van der Waals surface area contributed by atoms with Gasteiger partial charge in [0.2, 0.25) is 0 Å². The topological polar surface area (TPSA) is 6.48 Å². The Hall–Kier alpha value is -6.64. The van der Waals surface area contributed by atoms with Gasteiger partial charge in [0.05, 0.1) is 11.4 Å². The number of anilines is 6. The molecular formula is C50H38N2. The maximum atomic E-state index is 2.42. The normalized spacial score (nSPS) is 11.6. The van der Waals surface area contributed by atoms with Crippen LogP contribution in [0.25, 0.3) is 49.2 Å². The molecule has 248 valence electrons. The molecule has 2 heteroatoms. The number of benzene rings is 9. The number of nitrogens with zero attached hydrogens (tertiary/aromatic N) is 2. The Labute approximate surface area is 305 Å². The van der Waals surface area contributed by atoms with E-state index < -0.39 is 0 Å². The Kier molecular flexibility index (Phi) is 7.98. The molecule has 0 aromatic heterocycles. The van der Waals surface area contributed by atoms with Gasteiger partial charge in [0.25, 0.3) is 0 Å². The summed E-state index contributed by atoms with van der Waals surface area (Å²) in [4.78, 5) is 4.84. The second-order valence-corrected chi connectivity index (χ2v) is 13.4. The van der Waals surface area contributed by atoms with E-state index in [0.717, 1.165) is 34.1 Å². The number of para-hydroxylation sites is 2. The number of hydrogen-bond donors (Lipinski definition) is 0. The summed E-state index contributed by atoms with van der Waals surface area (Å²) in [6, 6.07) is 66.3. The Morgan fingerprint density at radius 1 is 0.365 bits per heavy atom. The van der Waals surface area contributed by atoms with E-state index in [0.29, 0.717) is 0 Å². The average molecular weight is 667 g/mol. The van der Waals surface area contributed by atoms with Gasteiger partial charge >= 0.3 is 0 Å². The number of aryl methyl sites for hydroxylation is 1. The Morgan fingerprint density at radius 2 is 0.827 bits per heavy atom. The van der Waals surface area contributed by atoms with Crippen LogP contribution in [-0.4, -0.2) is 0 Å². The van der Waals surface area contributed by atoms with E-state index >= 15 is 0 Å². The molecule has 0 aliphatic carbocycles. The average Bonchev–Trinajstić information content (AvgIpc) is 3.20. The molecule has 0 radical (unpaired) electrons. The number of allylic oxidation sites excluding steroid dienone is 1. The molecule has 9 aromatic carbocycles. The van der Waals surface area contributed by atoms with Crippen molar-refractivity contribution in [2.24, 2.45) is 0 Å². The van der Waals surface area contributed by atoms with Gasteiger partial charge in [-0.05, 0) is 118 Å². The Balaban J connectivity index is 1.36. The van der Waals surface area contributed by atoms with Crippen LogP contribution >= 0.6 is 0 Å². The van der Waals surface area contributed by atoms with Crippen LogP contribution in [0.1, 0.15) is 18.1 Å². The van der Waals surface area contributed by atoms with Crippen molar-refractivity contribution in [3.8, 4) is 0 Å². The second-order valence-electron chi connectivity index (χ2n) is 13.4. The van der Waals surface area contributed by atoms with Crippen molar-refractivity contribution >= 4 is 83.3 Å². The fourth-order valence-corrected chi connectivity index (χ4v) is 7.73. The van der Waals surface area contributed by atoms with Crippen LogP contribution in [0, 0.1) is 6.92 Å². The van der Waals surface area contributed by atoms with E-state index in [1.165, 1.54) is 54.2 Å². The highest BCUT2D eigenvalue weighted by molar-refractivity contribution is 6.24. The molecule has 0 bridgehead atoms. The van der Waals surface area contributed by atoms with Crippen LogP contribution in [-0.2, 0) is 0 Å². The zero-order valence-electron chi connectivity index (χ0n) is 29.4. The third-order valence-corrected chi connectivity index (χ3v) is 10.2. The van der Waals surface area contributed by atoms with Gasteiger partial charge < -0.3 is 9.80 Å². The van der Waals surface area contributed by atoms with Gasteiger partial charge in [-0.15, -0.1) is 0 Å². The maximum Gasteiger partial charge on any atom is 0.0546 e. The molecule has 0 N–H and O–H groups in total. The smallest absolute Gasteiger partial charge is 0.0546 e. The summed E-state index contributed by atoms with van der Waals surface area (Å²) in [5.74, 6) is 0. The molecule has 52 heavy (non-hydrogen) atoms. The molecule has 9 rings (SSSR count). The minimum atomic E-state index is 1.12. The highest BCUT2D eigenvalue weighted by Gasteiger charge is 2.22. The molecule has 2 nitrogen and oxygen atoms in total. The van der Waals surface area contributed by atoms with Gasteiger partial charge in [-0.25, -0.2) is 0 Å². The highest BCUT2D eigenvalue weighted by atomic mass is 15.1. The lowest BCUT2D eigenvalue weighted by Crippen LogP contribution is -2.12. The molecular weight excluding hydrogens is 629 g/mol. The Morgan fingerprint density at radius 3 is 1.38 bits per heavy atom. The fourth-order valence-electron chi connectivity index (χ4n) is 7.73. The zero-order chi connectivity index (χ0) is 35.0. The summed E-state index contributed by atoms with van der Waals surface area (Å²) >= 11 is 0. The van der Waals surface area contributed by atoms with Gasteiger partial charge in [-0.3, -0.25) is 0 Å². The van der Waals surface area contributed by atoms with Crippen LogP contribution in [0.4, 0.5) is 34.1 Å². The van der Waals surface area contributed by atoms with Gasteiger partial charge in [0.15, 0.2) is 0 Å². The first-order chi connectivity index (χ1) is 25.7. The molecule has 0 aliphatic heterocycles. The van der Waals surface area contributed by atoms with Crippen molar-refractivity contribution in [3.05, 3.63) is 199 Å². The lowest BCUT2D eigenvalue weighted by molar-refractivity contribution is 1.29. The summed E-state index contributed by atoms with van der Waals surface area (Å²) < 4.78 is 0. The molecule has 0 heterocycles. The summed E-state index contributed by atoms with van der Waals surface area (Å²) in [6.45, 7) is 4.26.